The van der Waals surface area contributed by atoms with Gasteiger partial charge in [0, 0.05) is 25.2 Å². The van der Waals surface area contributed by atoms with Gasteiger partial charge in [0.05, 0.1) is 0 Å². The molecule has 12 bridgehead atoms. The average molecular weight is 1050 g/mol. The van der Waals surface area contributed by atoms with Crippen LogP contribution in [0.5, 0.6) is 0 Å². The number of carboxylic acid groups (broad SMARTS) is 1. The molecule has 18 aliphatic rings. The zero-order chi connectivity index (χ0) is 54.6. The molecular weight excluding hydrogens is 947 g/mol. The fourth-order valence-electron chi connectivity index (χ4n) is 21.6. The summed E-state index contributed by atoms with van der Waals surface area (Å²) in [6, 6.07) is 0. The van der Waals surface area contributed by atoms with E-state index in [0.717, 1.165) is 100.0 Å². The smallest absolute Gasteiger partial charge is 0.303 e. The fraction of sp³-hybridized carbons (Fsp3) is 0.747. The molecule has 0 amide bonds. The molecule has 6 fully saturated rings. The number of allylic oxidation sites excluding steroid dienone is 10. The van der Waals surface area contributed by atoms with E-state index in [1.165, 1.54) is 95.5 Å². The number of fused-ring (bicyclic) bond motifs is 6. The number of carbonyl (C=O) groups is 1. The van der Waals surface area contributed by atoms with Gasteiger partial charge in [-0.25, -0.2) is 0 Å². The molecule has 0 aliphatic heterocycles. The van der Waals surface area contributed by atoms with E-state index in [4.69, 9.17) is 0 Å². The predicted octanol–water partition coefficient (Wildman–Crippen LogP) is 19.0. The first kappa shape index (κ1) is 54.2. The molecule has 3 nitrogen and oxygen atoms in total. The zero-order valence-electron chi connectivity index (χ0n) is 51.6. The lowest BCUT2D eigenvalue weighted by Crippen LogP contribution is -2.49. The maximum atomic E-state index is 13.2. The summed E-state index contributed by atoms with van der Waals surface area (Å²) < 4.78 is 0. The van der Waals surface area contributed by atoms with Gasteiger partial charge in [-0.15, -0.1) is 0 Å². The van der Waals surface area contributed by atoms with Crippen LogP contribution in [0.15, 0.2) is 69.9 Å². The second-order valence-electron chi connectivity index (χ2n) is 33.1. The van der Waals surface area contributed by atoms with Crippen molar-refractivity contribution in [1.82, 2.24) is 0 Å². The molecule has 18 aliphatic carbocycles. The van der Waals surface area contributed by atoms with Gasteiger partial charge in [0.25, 0.3) is 0 Å². The van der Waals surface area contributed by atoms with Crippen LogP contribution in [0.2, 0.25) is 0 Å². The van der Waals surface area contributed by atoms with Crippen molar-refractivity contribution in [1.29, 1.82) is 0 Å². The van der Waals surface area contributed by atoms with Crippen LogP contribution in [-0.2, 0) is 36.9 Å². The Bertz CT molecular complexity index is 2610. The number of nitrogens with zero attached hydrogens (tertiary/aromatic N) is 1. The Balaban J connectivity index is 0.993. The summed E-state index contributed by atoms with van der Waals surface area (Å²) in [7, 11) is 0. The fourth-order valence-corrected chi connectivity index (χ4v) is 21.6. The van der Waals surface area contributed by atoms with E-state index in [1.54, 1.807) is 61.4 Å². The number of aliphatic carboxylic acids is 1. The van der Waals surface area contributed by atoms with Gasteiger partial charge in [0.2, 0.25) is 0 Å². The van der Waals surface area contributed by atoms with Crippen molar-refractivity contribution < 1.29 is 9.90 Å². The number of anilines is 1. The summed E-state index contributed by atoms with van der Waals surface area (Å²) in [4.78, 5) is 16.3. The van der Waals surface area contributed by atoms with Crippen LogP contribution in [0.4, 0.5) is 5.69 Å². The molecule has 3 heteroatoms. The number of rotatable bonds is 22. The van der Waals surface area contributed by atoms with Gasteiger partial charge in [-0.1, -0.05) is 153 Å². The van der Waals surface area contributed by atoms with E-state index in [9.17, 15) is 9.90 Å². The van der Waals surface area contributed by atoms with Gasteiger partial charge >= 0.3 is 5.97 Å². The lowest BCUT2D eigenvalue weighted by Gasteiger charge is -2.57. The maximum absolute atomic E-state index is 13.2. The molecule has 424 valence electrons. The van der Waals surface area contributed by atoms with Gasteiger partial charge < -0.3 is 10.0 Å². The second kappa shape index (κ2) is 19.2. The Morgan fingerprint density at radius 1 is 0.359 bits per heavy atom. The standard InChI is InChI=1S/C75H107NO2/c1-70(2)51-23-13-45(62(70)39-51)19-29-58-57(33-34-68(77)78)59(30-20-46-14-24-52-40-63(46)71(52,3)4)61(32-22-48-16-26-54-42-65(48)73(54,7)8)69(60(58)31-21-47-15-25-53-41-64(47)72(53,5)6)76(37-35-49-17-27-55-43-66(49)74(55,9)10)38-36-50-18-28-56-44-67(50)75(56,11)12/h13-18,51-56,62-67H,19-44H2,1-12H3,(H,77,78). The molecule has 19 rings (SSSR count). The molecule has 0 saturated heterocycles. The van der Waals surface area contributed by atoms with Crippen molar-refractivity contribution in [3.8, 4) is 0 Å². The first-order valence-electron chi connectivity index (χ1n) is 33.3. The highest BCUT2D eigenvalue weighted by molar-refractivity contribution is 5.71. The minimum Gasteiger partial charge on any atom is -0.481 e. The Labute approximate surface area is 475 Å². The molecule has 0 radical (unpaired) electrons. The summed E-state index contributed by atoms with van der Waals surface area (Å²) in [6.45, 7) is 33.1. The first-order valence-corrected chi connectivity index (χ1v) is 33.3. The Kier molecular flexibility index (Phi) is 13.4. The summed E-state index contributed by atoms with van der Waals surface area (Å²) in [5.74, 6) is 8.55. The van der Waals surface area contributed by atoms with Gasteiger partial charge in [-0.3, -0.25) is 4.79 Å². The third-order valence-electron chi connectivity index (χ3n) is 28.4. The molecule has 6 saturated carbocycles. The molecule has 0 spiro atoms. The van der Waals surface area contributed by atoms with Crippen molar-refractivity contribution in [2.45, 2.75) is 237 Å². The monoisotopic (exact) mass is 1050 g/mol. The number of hydrogen-bond donors (Lipinski definition) is 1. The van der Waals surface area contributed by atoms with Crippen LogP contribution in [-0.4, -0.2) is 24.2 Å². The van der Waals surface area contributed by atoms with E-state index in [2.05, 4.69) is 124 Å². The molecule has 1 aromatic carbocycles. The Morgan fingerprint density at radius 2 is 0.590 bits per heavy atom. The number of carboxylic acids is 1. The highest BCUT2D eigenvalue weighted by Crippen LogP contribution is 2.65. The molecule has 12 unspecified atom stereocenters. The van der Waals surface area contributed by atoms with Crippen molar-refractivity contribution in [2.75, 3.05) is 18.0 Å². The molecule has 1 N–H and O–H groups in total. The summed E-state index contributed by atoms with van der Waals surface area (Å²) >= 11 is 0. The van der Waals surface area contributed by atoms with Crippen molar-refractivity contribution in [2.24, 2.45) is 104 Å². The van der Waals surface area contributed by atoms with Crippen LogP contribution < -0.4 is 4.90 Å². The van der Waals surface area contributed by atoms with Crippen LogP contribution >= 0.6 is 0 Å². The van der Waals surface area contributed by atoms with Crippen LogP contribution in [0.1, 0.15) is 233 Å². The molecule has 12 atom stereocenters. The Morgan fingerprint density at radius 3 is 0.821 bits per heavy atom. The van der Waals surface area contributed by atoms with Gasteiger partial charge in [0.15, 0.2) is 0 Å². The average Bonchev–Trinajstić information content (AvgIpc) is 3.63. The lowest BCUT2D eigenvalue weighted by atomic mass is 9.48. The van der Waals surface area contributed by atoms with Gasteiger partial charge in [-0.2, -0.15) is 0 Å². The summed E-state index contributed by atoms with van der Waals surface area (Å²) in [5, 5.41) is 10.9. The molecule has 78 heavy (non-hydrogen) atoms. The van der Waals surface area contributed by atoms with Crippen LogP contribution in [0.3, 0.4) is 0 Å². The van der Waals surface area contributed by atoms with E-state index < -0.39 is 5.97 Å². The van der Waals surface area contributed by atoms with Crippen LogP contribution in [0, 0.1) is 104 Å². The molecular formula is C75H107NO2. The summed E-state index contributed by atoms with van der Waals surface area (Å²) in [5.41, 5.74) is 22.4. The van der Waals surface area contributed by atoms with Crippen molar-refractivity contribution in [3.63, 3.8) is 0 Å². The topological polar surface area (TPSA) is 40.5 Å². The predicted molar refractivity (Wildman–Crippen MR) is 326 cm³/mol. The lowest BCUT2D eigenvalue weighted by molar-refractivity contribution is -0.136. The van der Waals surface area contributed by atoms with E-state index in [0.29, 0.717) is 74.4 Å². The minimum atomic E-state index is -0.637. The third-order valence-corrected chi connectivity index (χ3v) is 28.4. The largest absolute Gasteiger partial charge is 0.481 e. The first-order chi connectivity index (χ1) is 37.0. The normalized spacial score (nSPS) is 36.2. The zero-order valence-corrected chi connectivity index (χ0v) is 51.6. The second-order valence-corrected chi connectivity index (χ2v) is 33.1. The van der Waals surface area contributed by atoms with E-state index >= 15 is 0 Å². The summed E-state index contributed by atoms with van der Waals surface area (Å²) in [6.07, 6.45) is 43.9. The number of hydrogen-bond acceptors (Lipinski definition) is 2. The van der Waals surface area contributed by atoms with Crippen LogP contribution in [0.25, 0.3) is 0 Å². The third kappa shape index (κ3) is 8.56. The molecule has 0 heterocycles. The maximum Gasteiger partial charge on any atom is 0.303 e. The van der Waals surface area contributed by atoms with Gasteiger partial charge in [0.1, 0.15) is 0 Å². The quantitative estimate of drug-likeness (QED) is 0.118. The number of benzene rings is 1. The SMILES string of the molecule is CC1(C)C2CC=C(CCc3c(CCC(=O)O)c(CCC4=CCC5CC4C5(C)C)c(CCC4=CCC5CC4C5(C)C)c(N(CCC4=CCC5CC4C5(C)C)CCC4=CCC5CC4C5(C)C)c3CCC3=CCC4CC3C4(C)C)C1C2. The highest BCUT2D eigenvalue weighted by Gasteiger charge is 2.56. The van der Waals surface area contributed by atoms with Crippen molar-refractivity contribution in [3.05, 3.63) is 97.7 Å². The Hall–Kier alpha value is -3.07. The van der Waals surface area contributed by atoms with E-state index in [-0.39, 0.29) is 6.42 Å². The van der Waals surface area contributed by atoms with Gasteiger partial charge in [-0.05, 0) is 279 Å². The van der Waals surface area contributed by atoms with E-state index in [1.807, 2.05) is 0 Å². The van der Waals surface area contributed by atoms with Crippen molar-refractivity contribution >= 4 is 11.7 Å². The molecule has 1 aromatic rings. The minimum absolute atomic E-state index is 0.215. The highest BCUT2D eigenvalue weighted by atomic mass is 16.4. The molecule has 0 aromatic heterocycles.